The predicted molar refractivity (Wildman–Crippen MR) is 59.2 cm³/mol. The molecule has 2 N–H and O–H groups in total. The molecule has 0 bridgehead atoms. The molecule has 82 valence electrons. The van der Waals surface area contributed by atoms with E-state index in [1.54, 1.807) is 11.0 Å². The predicted octanol–water partition coefficient (Wildman–Crippen LogP) is -0.0565. The number of hydrogen-bond acceptors (Lipinski definition) is 3. The van der Waals surface area contributed by atoms with Gasteiger partial charge < -0.3 is 10.6 Å². The Labute approximate surface area is 92.4 Å². The second-order valence-electron chi connectivity index (χ2n) is 3.92. The van der Waals surface area contributed by atoms with Crippen molar-refractivity contribution < 1.29 is 9.59 Å². The average Bonchev–Trinajstić information content (AvgIpc) is 2.30. The van der Waals surface area contributed by atoms with Crippen LogP contribution in [0, 0.1) is 0 Å². The van der Waals surface area contributed by atoms with Gasteiger partial charge in [-0.1, -0.05) is 12.1 Å². The van der Waals surface area contributed by atoms with Gasteiger partial charge in [0.1, 0.15) is 6.04 Å². The lowest BCUT2D eigenvalue weighted by atomic mass is 10.1. The van der Waals surface area contributed by atoms with Crippen molar-refractivity contribution >= 4 is 23.2 Å². The van der Waals surface area contributed by atoms with Gasteiger partial charge in [0, 0.05) is 6.54 Å². The quantitative estimate of drug-likeness (QED) is 0.640. The summed E-state index contributed by atoms with van der Waals surface area (Å²) in [5.74, 6) is -0.183. The van der Waals surface area contributed by atoms with Crippen molar-refractivity contribution in [2.75, 3.05) is 23.3 Å². The van der Waals surface area contributed by atoms with Gasteiger partial charge in [0.05, 0.1) is 17.9 Å². The molecule has 0 spiro atoms. The highest BCUT2D eigenvalue weighted by molar-refractivity contribution is 6.13. The Bertz CT molecular complexity index is 472. The van der Waals surface area contributed by atoms with Crippen molar-refractivity contribution in [1.82, 2.24) is 5.32 Å². The lowest BCUT2D eigenvalue weighted by Gasteiger charge is -2.39. The molecule has 5 nitrogen and oxygen atoms in total. The van der Waals surface area contributed by atoms with Gasteiger partial charge in [-0.05, 0) is 12.1 Å². The molecule has 0 aliphatic carbocycles. The molecule has 1 unspecified atom stereocenters. The fraction of sp³-hybridized carbons (Fsp3) is 0.273. The van der Waals surface area contributed by atoms with E-state index in [1.165, 1.54) is 0 Å². The van der Waals surface area contributed by atoms with E-state index in [4.69, 9.17) is 0 Å². The molecule has 5 heteroatoms. The van der Waals surface area contributed by atoms with Gasteiger partial charge in [-0.3, -0.25) is 14.5 Å². The number of piperazine rings is 1. The van der Waals surface area contributed by atoms with E-state index in [0.717, 1.165) is 5.69 Å². The van der Waals surface area contributed by atoms with Crippen LogP contribution in [0.15, 0.2) is 24.3 Å². The summed E-state index contributed by atoms with van der Waals surface area (Å²) in [7, 11) is 0. The molecular formula is C11H11N3O2. The number of fused-ring (bicyclic) bond motifs is 3. The van der Waals surface area contributed by atoms with Crippen LogP contribution in [0.3, 0.4) is 0 Å². The van der Waals surface area contributed by atoms with E-state index in [-0.39, 0.29) is 18.4 Å². The molecule has 1 saturated heterocycles. The van der Waals surface area contributed by atoms with Crippen LogP contribution >= 0.6 is 0 Å². The Kier molecular flexibility index (Phi) is 1.94. The van der Waals surface area contributed by atoms with Crippen LogP contribution in [0.2, 0.25) is 0 Å². The fourth-order valence-electron chi connectivity index (χ4n) is 2.18. The van der Waals surface area contributed by atoms with Gasteiger partial charge in [-0.15, -0.1) is 0 Å². The maximum atomic E-state index is 11.8. The SMILES string of the molecule is O=C1Nc2ccccc2N2C(=O)CNCC12. The van der Waals surface area contributed by atoms with Gasteiger partial charge in [0.25, 0.3) is 0 Å². The lowest BCUT2D eigenvalue weighted by Crippen LogP contribution is -2.61. The Morgan fingerprint density at radius 3 is 2.94 bits per heavy atom. The second-order valence-corrected chi connectivity index (χ2v) is 3.92. The molecule has 16 heavy (non-hydrogen) atoms. The summed E-state index contributed by atoms with van der Waals surface area (Å²) in [4.78, 5) is 25.2. The molecule has 0 radical (unpaired) electrons. The number of carbonyl (C=O) groups excluding carboxylic acids is 2. The highest BCUT2D eigenvalue weighted by Crippen LogP contribution is 2.32. The third-order valence-corrected chi connectivity index (χ3v) is 2.92. The summed E-state index contributed by atoms with van der Waals surface area (Å²) >= 11 is 0. The van der Waals surface area contributed by atoms with E-state index in [9.17, 15) is 9.59 Å². The highest BCUT2D eigenvalue weighted by atomic mass is 16.2. The summed E-state index contributed by atoms with van der Waals surface area (Å²) < 4.78 is 0. The Morgan fingerprint density at radius 1 is 1.25 bits per heavy atom. The summed E-state index contributed by atoms with van der Waals surface area (Å²) in [5.41, 5.74) is 1.50. The number of nitrogens with zero attached hydrogens (tertiary/aromatic N) is 1. The molecule has 2 aliphatic rings. The second kappa shape index (κ2) is 3.31. The van der Waals surface area contributed by atoms with E-state index in [1.807, 2.05) is 18.2 Å². The minimum atomic E-state index is -0.420. The molecular weight excluding hydrogens is 206 g/mol. The first-order valence-electron chi connectivity index (χ1n) is 5.20. The van der Waals surface area contributed by atoms with Gasteiger partial charge in [-0.25, -0.2) is 0 Å². The van der Waals surface area contributed by atoms with Gasteiger partial charge in [0.2, 0.25) is 11.8 Å². The smallest absolute Gasteiger partial charge is 0.248 e. The first-order chi connectivity index (χ1) is 7.77. The largest absolute Gasteiger partial charge is 0.322 e. The van der Waals surface area contributed by atoms with Crippen LogP contribution in [0.4, 0.5) is 11.4 Å². The van der Waals surface area contributed by atoms with Crippen LogP contribution in [-0.2, 0) is 9.59 Å². The number of anilines is 2. The Hall–Kier alpha value is -1.88. The normalized spacial score (nSPS) is 23.5. The molecule has 1 aromatic rings. The summed E-state index contributed by atoms with van der Waals surface area (Å²) in [6, 6.07) is 6.94. The standard InChI is InChI=1S/C11H11N3O2/c15-10-6-12-5-9-11(16)13-7-3-1-2-4-8(7)14(9)10/h1-4,9,12H,5-6H2,(H,13,16). The van der Waals surface area contributed by atoms with E-state index < -0.39 is 6.04 Å². The van der Waals surface area contributed by atoms with Gasteiger partial charge >= 0.3 is 0 Å². The number of carbonyl (C=O) groups is 2. The van der Waals surface area contributed by atoms with Gasteiger partial charge in [0.15, 0.2) is 0 Å². The first-order valence-corrected chi connectivity index (χ1v) is 5.20. The van der Waals surface area contributed by atoms with E-state index in [0.29, 0.717) is 12.2 Å². The van der Waals surface area contributed by atoms with E-state index >= 15 is 0 Å². The van der Waals surface area contributed by atoms with Crippen molar-refractivity contribution in [2.45, 2.75) is 6.04 Å². The zero-order chi connectivity index (χ0) is 11.1. The lowest BCUT2D eigenvalue weighted by molar-refractivity contribution is -0.124. The minimum absolute atomic E-state index is 0.0569. The van der Waals surface area contributed by atoms with Crippen LogP contribution in [-0.4, -0.2) is 30.9 Å². The molecule has 2 heterocycles. The molecule has 2 aliphatic heterocycles. The molecule has 1 fully saturated rings. The van der Waals surface area contributed by atoms with E-state index in [2.05, 4.69) is 10.6 Å². The molecule has 1 atom stereocenters. The zero-order valence-electron chi connectivity index (χ0n) is 8.56. The molecule has 0 saturated carbocycles. The maximum absolute atomic E-state index is 11.8. The minimum Gasteiger partial charge on any atom is -0.322 e. The van der Waals surface area contributed by atoms with Crippen LogP contribution in [0.5, 0.6) is 0 Å². The van der Waals surface area contributed by atoms with Crippen molar-refractivity contribution in [3.63, 3.8) is 0 Å². The third kappa shape index (κ3) is 1.22. The molecule has 0 aromatic heterocycles. The van der Waals surface area contributed by atoms with Crippen molar-refractivity contribution in [1.29, 1.82) is 0 Å². The van der Waals surface area contributed by atoms with Crippen molar-refractivity contribution in [3.8, 4) is 0 Å². The first kappa shape index (κ1) is 9.35. The number of hydrogen-bond donors (Lipinski definition) is 2. The number of rotatable bonds is 0. The van der Waals surface area contributed by atoms with Gasteiger partial charge in [-0.2, -0.15) is 0 Å². The molecule has 2 amide bonds. The third-order valence-electron chi connectivity index (χ3n) is 2.92. The zero-order valence-corrected chi connectivity index (χ0v) is 8.56. The average molecular weight is 217 g/mol. The summed E-state index contributed by atoms with van der Waals surface area (Å²) in [6.07, 6.45) is 0. The van der Waals surface area contributed by atoms with Crippen LogP contribution in [0.1, 0.15) is 0 Å². The molecule has 3 rings (SSSR count). The Morgan fingerprint density at radius 2 is 2.06 bits per heavy atom. The van der Waals surface area contributed by atoms with Crippen LogP contribution in [0.25, 0.3) is 0 Å². The Balaban J connectivity index is 2.12. The topological polar surface area (TPSA) is 61.4 Å². The monoisotopic (exact) mass is 217 g/mol. The fourth-order valence-corrected chi connectivity index (χ4v) is 2.18. The number of amides is 2. The summed E-state index contributed by atoms with van der Waals surface area (Å²) in [5, 5.41) is 5.75. The number of benzene rings is 1. The van der Waals surface area contributed by atoms with Crippen molar-refractivity contribution in [2.24, 2.45) is 0 Å². The number of nitrogens with one attached hydrogen (secondary N) is 2. The number of para-hydroxylation sites is 2. The maximum Gasteiger partial charge on any atom is 0.248 e. The van der Waals surface area contributed by atoms with Crippen LogP contribution < -0.4 is 15.5 Å². The summed E-state index contributed by atoms with van der Waals surface area (Å²) in [6.45, 7) is 0.796. The molecule has 1 aromatic carbocycles. The highest BCUT2D eigenvalue weighted by Gasteiger charge is 2.38. The van der Waals surface area contributed by atoms with Crippen molar-refractivity contribution in [3.05, 3.63) is 24.3 Å².